The van der Waals surface area contributed by atoms with Crippen molar-refractivity contribution in [1.29, 1.82) is 0 Å². The van der Waals surface area contributed by atoms with Crippen LogP contribution in [0, 0.1) is 5.92 Å². The molecule has 0 aromatic rings. The quantitative estimate of drug-likeness (QED) is 0.558. The molecule has 2 rings (SSSR count). The Balaban J connectivity index is 1.66. The minimum absolute atomic E-state index is 0.226. The highest BCUT2D eigenvalue weighted by atomic mass is 16.5. The summed E-state index contributed by atoms with van der Waals surface area (Å²) >= 11 is 0. The number of rotatable bonds is 8. The van der Waals surface area contributed by atoms with Crippen molar-refractivity contribution < 1.29 is 9.53 Å². The van der Waals surface area contributed by atoms with Crippen molar-refractivity contribution in [2.75, 3.05) is 0 Å². The molecule has 0 spiro atoms. The topological polar surface area (TPSA) is 26.3 Å². The molecule has 1 aliphatic carbocycles. The van der Waals surface area contributed by atoms with E-state index in [-0.39, 0.29) is 6.10 Å². The zero-order valence-electron chi connectivity index (χ0n) is 13.9. The molecule has 2 atom stereocenters. The van der Waals surface area contributed by atoms with E-state index in [1.165, 1.54) is 64.2 Å². The fraction of sp³-hybridized carbons (Fsp3) is 0.947. The maximum absolute atomic E-state index is 12.4. The molecule has 0 unspecified atom stereocenters. The fourth-order valence-electron chi connectivity index (χ4n) is 3.96. The highest BCUT2D eigenvalue weighted by Crippen LogP contribution is 2.29. The Labute approximate surface area is 131 Å². The lowest BCUT2D eigenvalue weighted by Crippen LogP contribution is -2.31. The monoisotopic (exact) mass is 294 g/mol. The van der Waals surface area contributed by atoms with Crippen LogP contribution in [0.2, 0.25) is 0 Å². The first-order valence-corrected chi connectivity index (χ1v) is 9.47. The van der Waals surface area contributed by atoms with Crippen molar-refractivity contribution in [1.82, 2.24) is 0 Å². The molecule has 2 fully saturated rings. The van der Waals surface area contributed by atoms with E-state index in [4.69, 9.17) is 4.74 Å². The molecule has 0 radical (unpaired) electrons. The van der Waals surface area contributed by atoms with Gasteiger partial charge in [-0.15, -0.1) is 0 Å². The van der Waals surface area contributed by atoms with Gasteiger partial charge in [0.05, 0.1) is 12.2 Å². The van der Waals surface area contributed by atoms with Gasteiger partial charge in [-0.1, -0.05) is 51.9 Å². The number of hydrogen-bond acceptors (Lipinski definition) is 2. The highest BCUT2D eigenvalue weighted by Gasteiger charge is 2.28. The number of ether oxygens (including phenoxy) is 1. The second-order valence-corrected chi connectivity index (χ2v) is 7.17. The van der Waals surface area contributed by atoms with Gasteiger partial charge >= 0.3 is 0 Å². The maximum Gasteiger partial charge on any atom is 0.138 e. The molecule has 1 aliphatic heterocycles. The SMILES string of the molecule is CCCCCC[C@@H]1CCC[C@H](CC(=O)C2CCCCC2)O1. The van der Waals surface area contributed by atoms with E-state index in [1.54, 1.807) is 0 Å². The third-order valence-corrected chi connectivity index (χ3v) is 5.31. The third-order valence-electron chi connectivity index (χ3n) is 5.31. The van der Waals surface area contributed by atoms with Gasteiger partial charge in [0.1, 0.15) is 5.78 Å². The Morgan fingerprint density at radius 3 is 2.43 bits per heavy atom. The zero-order chi connectivity index (χ0) is 14.9. The van der Waals surface area contributed by atoms with Crippen LogP contribution in [0.3, 0.4) is 0 Å². The van der Waals surface area contributed by atoms with E-state index in [9.17, 15) is 4.79 Å². The second-order valence-electron chi connectivity index (χ2n) is 7.17. The molecule has 0 aromatic carbocycles. The zero-order valence-corrected chi connectivity index (χ0v) is 13.9. The summed E-state index contributed by atoms with van der Waals surface area (Å²) in [6.07, 6.45) is 17.5. The molecule has 21 heavy (non-hydrogen) atoms. The summed E-state index contributed by atoms with van der Waals surface area (Å²) < 4.78 is 6.21. The van der Waals surface area contributed by atoms with Crippen LogP contribution in [0.4, 0.5) is 0 Å². The Morgan fingerprint density at radius 1 is 0.905 bits per heavy atom. The summed E-state index contributed by atoms with van der Waals surface area (Å²) in [6, 6.07) is 0. The van der Waals surface area contributed by atoms with Crippen LogP contribution in [-0.4, -0.2) is 18.0 Å². The summed E-state index contributed by atoms with van der Waals surface area (Å²) in [5, 5.41) is 0. The summed E-state index contributed by atoms with van der Waals surface area (Å²) in [6.45, 7) is 2.25. The number of carbonyl (C=O) groups excluding carboxylic acids is 1. The van der Waals surface area contributed by atoms with Gasteiger partial charge in [0.2, 0.25) is 0 Å². The Bertz CT molecular complexity index is 294. The van der Waals surface area contributed by atoms with Gasteiger partial charge in [-0.25, -0.2) is 0 Å². The summed E-state index contributed by atoms with van der Waals surface area (Å²) in [4.78, 5) is 12.4. The minimum Gasteiger partial charge on any atom is -0.375 e. The van der Waals surface area contributed by atoms with E-state index in [2.05, 4.69) is 6.92 Å². The van der Waals surface area contributed by atoms with Gasteiger partial charge in [0.15, 0.2) is 0 Å². The molecule has 1 heterocycles. The number of carbonyl (C=O) groups is 1. The average Bonchev–Trinajstić information content (AvgIpc) is 2.53. The predicted octanol–water partition coefficient (Wildman–Crippen LogP) is 5.43. The number of ketones is 1. The van der Waals surface area contributed by atoms with Gasteiger partial charge in [0, 0.05) is 12.3 Å². The largest absolute Gasteiger partial charge is 0.375 e. The van der Waals surface area contributed by atoms with Crippen molar-refractivity contribution >= 4 is 5.78 Å². The smallest absolute Gasteiger partial charge is 0.138 e. The van der Waals surface area contributed by atoms with Crippen LogP contribution in [0.15, 0.2) is 0 Å². The molecular weight excluding hydrogens is 260 g/mol. The molecule has 1 saturated carbocycles. The molecule has 0 aromatic heterocycles. The van der Waals surface area contributed by atoms with E-state index in [1.807, 2.05) is 0 Å². The lowest BCUT2D eigenvalue weighted by atomic mass is 9.83. The molecule has 2 nitrogen and oxygen atoms in total. The molecular formula is C19H34O2. The van der Waals surface area contributed by atoms with Gasteiger partial charge in [-0.2, -0.15) is 0 Å². The molecule has 0 N–H and O–H groups in total. The normalized spacial score (nSPS) is 27.7. The summed E-state index contributed by atoms with van der Waals surface area (Å²) in [7, 11) is 0. The fourth-order valence-corrected chi connectivity index (χ4v) is 3.96. The van der Waals surface area contributed by atoms with Crippen LogP contribution in [-0.2, 0) is 9.53 Å². The number of hydrogen-bond donors (Lipinski definition) is 0. The van der Waals surface area contributed by atoms with Crippen molar-refractivity contribution in [3.63, 3.8) is 0 Å². The van der Waals surface area contributed by atoms with Crippen LogP contribution in [0.1, 0.15) is 96.8 Å². The average molecular weight is 294 g/mol. The van der Waals surface area contributed by atoms with Crippen LogP contribution < -0.4 is 0 Å². The van der Waals surface area contributed by atoms with Crippen molar-refractivity contribution in [2.24, 2.45) is 5.92 Å². The standard InChI is InChI=1S/C19H34O2/c1-2-3-4-8-12-17-13-9-14-18(21-17)15-19(20)16-10-6-5-7-11-16/h16-18H,2-15H2,1H3/t17-,18-/m1/s1. The maximum atomic E-state index is 12.4. The highest BCUT2D eigenvalue weighted by molar-refractivity contribution is 5.81. The second kappa shape index (κ2) is 9.61. The summed E-state index contributed by atoms with van der Waals surface area (Å²) in [5.74, 6) is 0.846. The van der Waals surface area contributed by atoms with Gasteiger partial charge in [0.25, 0.3) is 0 Å². The lowest BCUT2D eigenvalue weighted by Gasteiger charge is -2.31. The molecule has 2 heteroatoms. The van der Waals surface area contributed by atoms with Crippen molar-refractivity contribution in [3.8, 4) is 0 Å². The Hall–Kier alpha value is -0.370. The number of unbranched alkanes of at least 4 members (excludes halogenated alkanes) is 3. The first kappa shape index (κ1) is 17.0. The molecule has 0 amide bonds. The first-order chi connectivity index (χ1) is 10.3. The Morgan fingerprint density at radius 2 is 1.67 bits per heavy atom. The van der Waals surface area contributed by atoms with E-state index >= 15 is 0 Å². The predicted molar refractivity (Wildman–Crippen MR) is 87.5 cm³/mol. The first-order valence-electron chi connectivity index (χ1n) is 9.47. The van der Waals surface area contributed by atoms with E-state index in [0.717, 1.165) is 19.3 Å². The van der Waals surface area contributed by atoms with Crippen LogP contribution in [0.25, 0.3) is 0 Å². The van der Waals surface area contributed by atoms with Gasteiger partial charge in [-0.3, -0.25) is 4.79 Å². The van der Waals surface area contributed by atoms with Crippen LogP contribution >= 0.6 is 0 Å². The molecule has 1 saturated heterocycles. The van der Waals surface area contributed by atoms with E-state index in [0.29, 0.717) is 24.2 Å². The van der Waals surface area contributed by atoms with Gasteiger partial charge < -0.3 is 4.74 Å². The minimum atomic E-state index is 0.226. The molecule has 2 aliphatic rings. The Kier molecular flexibility index (Phi) is 7.77. The number of Topliss-reactive ketones (excluding diaryl/α,β-unsaturated/α-hetero) is 1. The summed E-state index contributed by atoms with van der Waals surface area (Å²) in [5.41, 5.74) is 0. The van der Waals surface area contributed by atoms with E-state index < -0.39 is 0 Å². The molecule has 0 bridgehead atoms. The van der Waals surface area contributed by atoms with Gasteiger partial charge in [-0.05, 0) is 38.5 Å². The van der Waals surface area contributed by atoms with Crippen molar-refractivity contribution in [3.05, 3.63) is 0 Å². The molecule has 122 valence electrons. The third kappa shape index (κ3) is 6.10. The van der Waals surface area contributed by atoms with Crippen LogP contribution in [0.5, 0.6) is 0 Å². The van der Waals surface area contributed by atoms with Crippen molar-refractivity contribution in [2.45, 2.75) is 109 Å². The lowest BCUT2D eigenvalue weighted by molar-refractivity contribution is -0.130.